The van der Waals surface area contributed by atoms with Crippen molar-refractivity contribution in [3.8, 4) is 0 Å². The second kappa shape index (κ2) is 8.04. The third kappa shape index (κ3) is 6.07. The molecule has 0 aromatic rings. The summed E-state index contributed by atoms with van der Waals surface area (Å²) in [5.41, 5.74) is -0.160. The fourth-order valence-corrected chi connectivity index (χ4v) is 2.97. The molecule has 0 spiro atoms. The first kappa shape index (κ1) is 16.7. The average Bonchev–Trinajstić information content (AvgIpc) is 2.37. The molecule has 1 saturated heterocycles. The van der Waals surface area contributed by atoms with Crippen molar-refractivity contribution in [1.82, 2.24) is 4.90 Å². The first-order valence-corrected chi connectivity index (χ1v) is 8.22. The van der Waals surface area contributed by atoms with Gasteiger partial charge in [0.25, 0.3) is 0 Å². The van der Waals surface area contributed by atoms with Gasteiger partial charge in [-0.05, 0) is 38.9 Å². The number of carbonyl (C=O) groups is 1. The monoisotopic (exact) mass is 267 g/mol. The summed E-state index contributed by atoms with van der Waals surface area (Å²) in [6.07, 6.45) is 8.93. The molecule has 0 aromatic heterocycles. The molecule has 1 rings (SSSR count). The molecule has 0 bridgehead atoms. The van der Waals surface area contributed by atoms with E-state index in [0.717, 1.165) is 25.9 Å². The van der Waals surface area contributed by atoms with Crippen LogP contribution in [-0.2, 0) is 4.79 Å². The predicted molar refractivity (Wildman–Crippen MR) is 82.4 cm³/mol. The zero-order chi connectivity index (χ0) is 14.3. The van der Waals surface area contributed by atoms with E-state index in [0.29, 0.717) is 11.7 Å². The van der Waals surface area contributed by atoms with Crippen LogP contribution < -0.4 is 0 Å². The summed E-state index contributed by atoms with van der Waals surface area (Å²) in [5, 5.41) is 0. The molecule has 0 saturated carbocycles. The number of rotatable bonds is 7. The summed E-state index contributed by atoms with van der Waals surface area (Å²) < 4.78 is 0. The molecule has 19 heavy (non-hydrogen) atoms. The molecule has 1 aliphatic heterocycles. The van der Waals surface area contributed by atoms with Crippen molar-refractivity contribution in [2.24, 2.45) is 11.3 Å². The van der Waals surface area contributed by atoms with Gasteiger partial charge in [-0.2, -0.15) is 0 Å². The van der Waals surface area contributed by atoms with Crippen LogP contribution in [0.4, 0.5) is 0 Å². The summed E-state index contributed by atoms with van der Waals surface area (Å²) in [4.78, 5) is 14.8. The Hall–Kier alpha value is -0.370. The van der Waals surface area contributed by atoms with Crippen LogP contribution in [0.15, 0.2) is 0 Å². The Bertz CT molecular complexity index is 259. The normalized spacial score (nSPS) is 18.7. The van der Waals surface area contributed by atoms with Crippen molar-refractivity contribution in [2.45, 2.75) is 72.6 Å². The van der Waals surface area contributed by atoms with Gasteiger partial charge in [0.2, 0.25) is 0 Å². The zero-order valence-electron chi connectivity index (χ0n) is 13.5. The lowest BCUT2D eigenvalue weighted by Gasteiger charge is -2.34. The molecule has 1 heterocycles. The van der Waals surface area contributed by atoms with E-state index in [2.05, 4.69) is 32.6 Å². The Morgan fingerprint density at radius 2 is 1.63 bits per heavy atom. The summed E-state index contributed by atoms with van der Waals surface area (Å²) in [7, 11) is 0. The van der Waals surface area contributed by atoms with Crippen molar-refractivity contribution < 1.29 is 4.79 Å². The number of carbonyl (C=O) groups excluding carboxylic acids is 1. The lowest BCUT2D eigenvalue weighted by Crippen LogP contribution is -2.39. The van der Waals surface area contributed by atoms with E-state index in [-0.39, 0.29) is 5.41 Å². The molecule has 2 nitrogen and oxygen atoms in total. The molecule has 112 valence electrons. The number of likely N-dealkylation sites (tertiary alicyclic amines) is 1. The maximum Gasteiger partial charge on any atom is 0.141 e. The molecule has 0 aliphatic carbocycles. The molecule has 0 aromatic carbocycles. The smallest absolute Gasteiger partial charge is 0.141 e. The standard InChI is InChI=1S/C17H33NO/c1-5-6-7-8-9-12-18-13-10-15(11-14-18)16(19)17(2,3)4/h15H,5-14H2,1-4H3. The van der Waals surface area contributed by atoms with Crippen LogP contribution >= 0.6 is 0 Å². The van der Waals surface area contributed by atoms with E-state index in [4.69, 9.17) is 0 Å². The number of hydrogen-bond donors (Lipinski definition) is 0. The van der Waals surface area contributed by atoms with Crippen molar-refractivity contribution in [3.63, 3.8) is 0 Å². The largest absolute Gasteiger partial charge is 0.303 e. The first-order valence-electron chi connectivity index (χ1n) is 8.22. The minimum absolute atomic E-state index is 0.160. The molecule has 0 radical (unpaired) electrons. The highest BCUT2D eigenvalue weighted by atomic mass is 16.1. The van der Waals surface area contributed by atoms with Gasteiger partial charge in [0.1, 0.15) is 5.78 Å². The summed E-state index contributed by atoms with van der Waals surface area (Å²) >= 11 is 0. The van der Waals surface area contributed by atoms with E-state index in [1.807, 2.05) is 0 Å². The highest BCUT2D eigenvalue weighted by molar-refractivity contribution is 5.86. The molecule has 2 heteroatoms. The molecule has 1 aliphatic rings. The van der Waals surface area contributed by atoms with E-state index in [1.54, 1.807) is 0 Å². The van der Waals surface area contributed by atoms with Gasteiger partial charge in [-0.1, -0.05) is 53.4 Å². The van der Waals surface area contributed by atoms with Crippen molar-refractivity contribution in [1.29, 1.82) is 0 Å². The summed E-state index contributed by atoms with van der Waals surface area (Å²) in [6, 6.07) is 0. The number of ketones is 1. The van der Waals surface area contributed by atoms with Gasteiger partial charge in [0.15, 0.2) is 0 Å². The quantitative estimate of drug-likeness (QED) is 0.642. The van der Waals surface area contributed by atoms with Crippen molar-refractivity contribution in [3.05, 3.63) is 0 Å². The highest BCUT2D eigenvalue weighted by Crippen LogP contribution is 2.27. The Kier molecular flexibility index (Phi) is 7.06. The minimum atomic E-state index is -0.160. The van der Waals surface area contributed by atoms with Crippen LogP contribution in [-0.4, -0.2) is 30.3 Å². The van der Waals surface area contributed by atoms with Crippen LogP contribution in [0.2, 0.25) is 0 Å². The zero-order valence-corrected chi connectivity index (χ0v) is 13.5. The second-order valence-electron chi connectivity index (χ2n) is 7.14. The van der Waals surface area contributed by atoms with Gasteiger partial charge in [-0.3, -0.25) is 4.79 Å². The number of piperidine rings is 1. The number of Topliss-reactive ketones (excluding diaryl/α,β-unsaturated/α-hetero) is 1. The third-order valence-electron chi connectivity index (χ3n) is 4.28. The maximum atomic E-state index is 12.2. The van der Waals surface area contributed by atoms with E-state index in [9.17, 15) is 4.79 Å². The van der Waals surface area contributed by atoms with Crippen LogP contribution in [0.5, 0.6) is 0 Å². The SMILES string of the molecule is CCCCCCCN1CCC(C(=O)C(C)(C)C)CC1. The van der Waals surface area contributed by atoms with Crippen LogP contribution in [0.3, 0.4) is 0 Å². The fraction of sp³-hybridized carbons (Fsp3) is 0.941. The lowest BCUT2D eigenvalue weighted by atomic mass is 9.79. The van der Waals surface area contributed by atoms with E-state index >= 15 is 0 Å². The summed E-state index contributed by atoms with van der Waals surface area (Å²) in [5.74, 6) is 0.784. The Balaban J connectivity index is 2.17. The Morgan fingerprint density at radius 1 is 1.05 bits per heavy atom. The second-order valence-corrected chi connectivity index (χ2v) is 7.14. The van der Waals surface area contributed by atoms with Crippen molar-refractivity contribution in [2.75, 3.05) is 19.6 Å². The molecule has 0 atom stereocenters. The number of hydrogen-bond acceptors (Lipinski definition) is 2. The number of unbranched alkanes of at least 4 members (excludes halogenated alkanes) is 4. The van der Waals surface area contributed by atoms with Gasteiger partial charge < -0.3 is 4.90 Å². The van der Waals surface area contributed by atoms with Gasteiger partial charge in [-0.15, -0.1) is 0 Å². The van der Waals surface area contributed by atoms with Gasteiger partial charge in [0.05, 0.1) is 0 Å². The molecule has 0 N–H and O–H groups in total. The van der Waals surface area contributed by atoms with E-state index < -0.39 is 0 Å². The van der Waals surface area contributed by atoms with Crippen molar-refractivity contribution >= 4 is 5.78 Å². The first-order chi connectivity index (χ1) is 8.95. The van der Waals surface area contributed by atoms with E-state index in [1.165, 1.54) is 38.6 Å². The molecular weight excluding hydrogens is 234 g/mol. The van der Waals surface area contributed by atoms with Gasteiger partial charge >= 0.3 is 0 Å². The minimum Gasteiger partial charge on any atom is -0.303 e. The predicted octanol–water partition coefficient (Wildman–Crippen LogP) is 4.28. The molecule has 1 fully saturated rings. The highest BCUT2D eigenvalue weighted by Gasteiger charge is 2.31. The number of nitrogens with zero attached hydrogens (tertiary/aromatic N) is 1. The van der Waals surface area contributed by atoms with Crippen LogP contribution in [0.1, 0.15) is 72.6 Å². The lowest BCUT2D eigenvalue weighted by molar-refractivity contribution is -0.131. The third-order valence-corrected chi connectivity index (χ3v) is 4.28. The van der Waals surface area contributed by atoms with Gasteiger partial charge in [-0.25, -0.2) is 0 Å². The maximum absolute atomic E-state index is 12.2. The fourth-order valence-electron chi connectivity index (χ4n) is 2.97. The molecule has 0 unspecified atom stereocenters. The topological polar surface area (TPSA) is 20.3 Å². The average molecular weight is 267 g/mol. The van der Waals surface area contributed by atoms with Crippen LogP contribution in [0, 0.1) is 11.3 Å². The summed E-state index contributed by atoms with van der Waals surface area (Å²) in [6.45, 7) is 11.9. The molecule has 0 amide bonds. The Morgan fingerprint density at radius 3 is 2.16 bits per heavy atom. The Labute approximate surface area is 119 Å². The van der Waals surface area contributed by atoms with Crippen LogP contribution in [0.25, 0.3) is 0 Å². The molecular formula is C17H33NO. The van der Waals surface area contributed by atoms with Gasteiger partial charge in [0, 0.05) is 11.3 Å².